The Kier molecular flexibility index (Phi) is 9.34. The van der Waals surface area contributed by atoms with Gasteiger partial charge in [0.15, 0.2) is 0 Å². The van der Waals surface area contributed by atoms with Crippen molar-refractivity contribution >= 4 is 39.1 Å². The highest BCUT2D eigenvalue weighted by Gasteiger charge is 2.33. The number of likely N-dealkylation sites (N-methyl/N-ethyl adjacent to an activating group) is 1. The van der Waals surface area contributed by atoms with Crippen molar-refractivity contribution < 1.29 is 18.0 Å². The van der Waals surface area contributed by atoms with Crippen molar-refractivity contribution in [1.82, 2.24) is 10.2 Å². The molecule has 0 fully saturated rings. The summed E-state index contributed by atoms with van der Waals surface area (Å²) in [6, 6.07) is 19.6. The fourth-order valence-corrected chi connectivity index (χ4v) is 5.53. The second-order valence-corrected chi connectivity index (χ2v) is 11.1. The second kappa shape index (κ2) is 12.3. The van der Waals surface area contributed by atoms with E-state index in [4.69, 9.17) is 11.6 Å². The molecule has 0 aliphatic rings. The molecule has 1 atom stereocenters. The number of anilines is 1. The van der Waals surface area contributed by atoms with Gasteiger partial charge < -0.3 is 10.2 Å². The molecule has 196 valence electrons. The summed E-state index contributed by atoms with van der Waals surface area (Å²) in [4.78, 5) is 28.1. The maximum atomic E-state index is 13.8. The van der Waals surface area contributed by atoms with Crippen molar-refractivity contribution in [2.24, 2.45) is 0 Å². The summed E-state index contributed by atoms with van der Waals surface area (Å²) in [5, 5.41) is 3.30. The molecule has 0 heterocycles. The number of aryl methyl sites for hydroxylation is 2. The van der Waals surface area contributed by atoms with Crippen LogP contribution in [0.4, 0.5) is 5.69 Å². The van der Waals surface area contributed by atoms with E-state index >= 15 is 0 Å². The maximum Gasteiger partial charge on any atom is 0.264 e. The Balaban J connectivity index is 2.05. The van der Waals surface area contributed by atoms with Crippen LogP contribution < -0.4 is 9.62 Å². The van der Waals surface area contributed by atoms with Gasteiger partial charge in [-0.25, -0.2) is 8.42 Å². The van der Waals surface area contributed by atoms with E-state index in [1.807, 2.05) is 19.1 Å². The molecule has 0 saturated carbocycles. The minimum atomic E-state index is -4.09. The zero-order valence-electron chi connectivity index (χ0n) is 21.4. The van der Waals surface area contributed by atoms with Crippen LogP contribution in [0.5, 0.6) is 0 Å². The minimum absolute atomic E-state index is 0.0738. The molecule has 3 aromatic rings. The van der Waals surface area contributed by atoms with Gasteiger partial charge >= 0.3 is 0 Å². The van der Waals surface area contributed by atoms with Gasteiger partial charge in [-0.15, -0.1) is 0 Å². The molecule has 7 nitrogen and oxygen atoms in total. The average Bonchev–Trinajstić information content (AvgIpc) is 2.88. The first-order chi connectivity index (χ1) is 17.5. The van der Waals surface area contributed by atoms with Crippen LogP contribution in [0.3, 0.4) is 0 Å². The van der Waals surface area contributed by atoms with Gasteiger partial charge in [-0.1, -0.05) is 54.1 Å². The third-order valence-electron chi connectivity index (χ3n) is 6.03. The zero-order chi connectivity index (χ0) is 27.2. The molecule has 0 aliphatic heterocycles. The number of nitrogens with one attached hydrogen (secondary N) is 1. The van der Waals surface area contributed by atoms with E-state index < -0.39 is 28.5 Å². The molecule has 0 aliphatic carbocycles. The lowest BCUT2D eigenvalue weighted by Crippen LogP contribution is -2.51. The molecule has 0 saturated heterocycles. The third-order valence-corrected chi connectivity index (χ3v) is 8.05. The Morgan fingerprint density at radius 2 is 1.62 bits per heavy atom. The Bertz CT molecular complexity index is 1350. The molecule has 3 aromatic carbocycles. The van der Waals surface area contributed by atoms with Gasteiger partial charge in [0.2, 0.25) is 11.8 Å². The largest absolute Gasteiger partial charge is 0.355 e. The van der Waals surface area contributed by atoms with Crippen LogP contribution in [0.25, 0.3) is 0 Å². The van der Waals surface area contributed by atoms with Crippen LogP contribution in [0, 0.1) is 13.8 Å². The molecule has 0 bridgehead atoms. The van der Waals surface area contributed by atoms with Crippen molar-refractivity contribution in [3.63, 3.8) is 0 Å². The molecule has 0 spiro atoms. The van der Waals surface area contributed by atoms with Crippen molar-refractivity contribution in [1.29, 1.82) is 0 Å². The number of sulfonamides is 1. The Morgan fingerprint density at radius 3 is 2.24 bits per heavy atom. The number of hydrogen-bond acceptors (Lipinski definition) is 4. The number of amides is 2. The van der Waals surface area contributed by atoms with Crippen molar-refractivity contribution in [3.05, 3.63) is 94.5 Å². The molecule has 1 N–H and O–H groups in total. The molecular formula is C28H32ClN3O4S. The smallest absolute Gasteiger partial charge is 0.264 e. The minimum Gasteiger partial charge on any atom is -0.355 e. The second-order valence-electron chi connectivity index (χ2n) is 8.83. The zero-order valence-corrected chi connectivity index (χ0v) is 23.0. The monoisotopic (exact) mass is 541 g/mol. The van der Waals surface area contributed by atoms with Gasteiger partial charge in [0.1, 0.15) is 12.6 Å². The van der Waals surface area contributed by atoms with Gasteiger partial charge in [-0.05, 0) is 74.7 Å². The number of halogens is 1. The summed E-state index contributed by atoms with van der Waals surface area (Å²) in [6.07, 6.45) is 0. The van der Waals surface area contributed by atoms with Crippen LogP contribution in [-0.2, 0) is 26.2 Å². The predicted molar refractivity (Wildman–Crippen MR) is 147 cm³/mol. The number of carbonyl (C=O) groups excluding carboxylic acids is 2. The summed E-state index contributed by atoms with van der Waals surface area (Å²) in [5.41, 5.74) is 2.74. The molecule has 9 heteroatoms. The van der Waals surface area contributed by atoms with E-state index in [9.17, 15) is 18.0 Å². The Labute approximate surface area is 224 Å². The van der Waals surface area contributed by atoms with Crippen LogP contribution >= 0.6 is 11.6 Å². The number of hydrogen-bond donors (Lipinski definition) is 1. The van der Waals surface area contributed by atoms with Gasteiger partial charge in [-0.2, -0.15) is 0 Å². The number of nitrogens with zero attached hydrogens (tertiary/aromatic N) is 2. The lowest BCUT2D eigenvalue weighted by atomic mass is 10.1. The van der Waals surface area contributed by atoms with Crippen LogP contribution in [0.2, 0.25) is 5.02 Å². The summed E-state index contributed by atoms with van der Waals surface area (Å²) in [7, 11) is -4.09. The van der Waals surface area contributed by atoms with Crippen LogP contribution in [-0.4, -0.2) is 44.3 Å². The first-order valence-corrected chi connectivity index (χ1v) is 13.8. The first kappa shape index (κ1) is 28.2. The summed E-state index contributed by atoms with van der Waals surface area (Å²) < 4.78 is 28.8. The molecule has 0 radical (unpaired) electrons. The topological polar surface area (TPSA) is 86.8 Å². The van der Waals surface area contributed by atoms with Gasteiger partial charge in [0, 0.05) is 18.1 Å². The van der Waals surface area contributed by atoms with Crippen molar-refractivity contribution in [2.45, 2.75) is 45.2 Å². The highest BCUT2D eigenvalue weighted by Crippen LogP contribution is 2.28. The van der Waals surface area contributed by atoms with Crippen LogP contribution in [0.1, 0.15) is 30.5 Å². The highest BCUT2D eigenvalue weighted by atomic mass is 35.5. The standard InChI is InChI=1S/C28H32ClN3O4S/c1-5-30-28(34)22(4)31(18-23-13-15-24(29)16-14-23)27(33)19-32(26-17-20(2)11-12-21(26)3)37(35,36)25-9-7-6-8-10-25/h6-17,22H,5,18-19H2,1-4H3,(H,30,34)/t22-/m1/s1. The Morgan fingerprint density at radius 1 is 0.973 bits per heavy atom. The van der Waals surface area contributed by atoms with Crippen molar-refractivity contribution in [3.8, 4) is 0 Å². The van der Waals surface area contributed by atoms with Gasteiger partial charge in [-0.3, -0.25) is 13.9 Å². The number of benzene rings is 3. The summed E-state index contributed by atoms with van der Waals surface area (Å²) >= 11 is 6.02. The lowest BCUT2D eigenvalue weighted by Gasteiger charge is -2.32. The fraction of sp³-hybridized carbons (Fsp3) is 0.286. The molecule has 0 aromatic heterocycles. The number of carbonyl (C=O) groups is 2. The quantitative estimate of drug-likeness (QED) is 0.403. The average molecular weight is 542 g/mol. The Hall–Kier alpha value is -3.36. The molecule has 0 unspecified atom stereocenters. The van der Waals surface area contributed by atoms with Crippen molar-refractivity contribution in [2.75, 3.05) is 17.4 Å². The van der Waals surface area contributed by atoms with Crippen LogP contribution in [0.15, 0.2) is 77.7 Å². The summed E-state index contributed by atoms with van der Waals surface area (Å²) in [6.45, 7) is 7.14. The van der Waals surface area contributed by atoms with E-state index in [1.165, 1.54) is 17.0 Å². The third kappa shape index (κ3) is 6.90. The van der Waals surface area contributed by atoms with E-state index in [-0.39, 0.29) is 17.3 Å². The maximum absolute atomic E-state index is 13.8. The molecule has 3 rings (SSSR count). The predicted octanol–water partition coefficient (Wildman–Crippen LogP) is 4.71. The van der Waals surface area contributed by atoms with Gasteiger partial charge in [0.05, 0.1) is 10.6 Å². The van der Waals surface area contributed by atoms with E-state index in [1.54, 1.807) is 69.3 Å². The molecule has 2 amide bonds. The molecular weight excluding hydrogens is 510 g/mol. The normalized spacial score (nSPS) is 12.0. The lowest BCUT2D eigenvalue weighted by molar-refractivity contribution is -0.139. The van der Waals surface area contributed by atoms with Gasteiger partial charge in [0.25, 0.3) is 10.0 Å². The van der Waals surface area contributed by atoms with E-state index in [2.05, 4.69) is 5.32 Å². The SMILES string of the molecule is CCNC(=O)[C@@H](C)N(Cc1ccc(Cl)cc1)C(=O)CN(c1cc(C)ccc1C)S(=O)(=O)c1ccccc1. The van der Waals surface area contributed by atoms with E-state index in [0.29, 0.717) is 22.8 Å². The highest BCUT2D eigenvalue weighted by molar-refractivity contribution is 7.92. The fourth-order valence-electron chi connectivity index (χ4n) is 3.91. The number of rotatable bonds is 10. The summed E-state index contributed by atoms with van der Waals surface area (Å²) in [5.74, 6) is -0.830. The van der Waals surface area contributed by atoms with E-state index in [0.717, 1.165) is 15.4 Å². The molecule has 37 heavy (non-hydrogen) atoms. The first-order valence-electron chi connectivity index (χ1n) is 12.0.